The zero-order valence-electron chi connectivity index (χ0n) is 15.4. The Morgan fingerprint density at radius 3 is 2.23 bits per heavy atom. The van der Waals surface area contributed by atoms with Crippen molar-refractivity contribution in [2.75, 3.05) is 49.1 Å². The summed E-state index contributed by atoms with van der Waals surface area (Å²) in [4.78, 5) is 7.61. The van der Waals surface area contributed by atoms with Gasteiger partial charge in [-0.25, -0.2) is 0 Å². The SMILES string of the molecule is Clc1ccc(N2CCN(CCCN3CCCCC3)c3ccccc32)cc1. The van der Waals surface area contributed by atoms with E-state index in [0.717, 1.165) is 24.7 Å². The number of likely N-dealkylation sites (tertiary alicyclic amines) is 1. The summed E-state index contributed by atoms with van der Waals surface area (Å²) < 4.78 is 0. The van der Waals surface area contributed by atoms with Crippen LogP contribution in [0.4, 0.5) is 17.1 Å². The van der Waals surface area contributed by atoms with E-state index >= 15 is 0 Å². The maximum Gasteiger partial charge on any atom is 0.0649 e. The monoisotopic (exact) mass is 369 g/mol. The van der Waals surface area contributed by atoms with Crippen LogP contribution in [0.2, 0.25) is 5.02 Å². The molecule has 0 radical (unpaired) electrons. The minimum atomic E-state index is 0.790. The Labute approximate surface area is 162 Å². The highest BCUT2D eigenvalue weighted by molar-refractivity contribution is 6.30. The van der Waals surface area contributed by atoms with Crippen LogP contribution in [0, 0.1) is 0 Å². The average Bonchev–Trinajstić information content (AvgIpc) is 2.70. The van der Waals surface area contributed by atoms with Gasteiger partial charge in [0.05, 0.1) is 11.4 Å². The predicted octanol–water partition coefficient (Wildman–Crippen LogP) is 5.17. The standard InChI is InChI=1S/C22H28ClN3/c23-19-9-11-20(12-10-19)26-18-17-25(21-7-2-3-8-22(21)26)16-6-15-24-13-4-1-5-14-24/h2-3,7-12H,1,4-6,13-18H2. The lowest BCUT2D eigenvalue weighted by Gasteiger charge is -2.39. The molecule has 4 rings (SSSR count). The van der Waals surface area contributed by atoms with Crippen molar-refractivity contribution in [3.63, 3.8) is 0 Å². The first-order valence-corrected chi connectivity index (χ1v) is 10.3. The Kier molecular flexibility index (Phi) is 5.66. The van der Waals surface area contributed by atoms with E-state index in [1.165, 1.54) is 62.4 Å². The van der Waals surface area contributed by atoms with Gasteiger partial charge in [0.2, 0.25) is 0 Å². The molecule has 0 bridgehead atoms. The first-order chi connectivity index (χ1) is 12.8. The zero-order chi connectivity index (χ0) is 17.8. The van der Waals surface area contributed by atoms with Crippen molar-refractivity contribution in [2.45, 2.75) is 25.7 Å². The number of nitrogens with zero attached hydrogens (tertiary/aromatic N) is 3. The zero-order valence-corrected chi connectivity index (χ0v) is 16.2. The molecule has 0 amide bonds. The molecule has 0 N–H and O–H groups in total. The van der Waals surface area contributed by atoms with Crippen molar-refractivity contribution < 1.29 is 0 Å². The fourth-order valence-electron chi connectivity index (χ4n) is 4.21. The van der Waals surface area contributed by atoms with E-state index in [1.807, 2.05) is 12.1 Å². The molecule has 1 fully saturated rings. The molecule has 0 atom stereocenters. The lowest BCUT2D eigenvalue weighted by molar-refractivity contribution is 0.227. The van der Waals surface area contributed by atoms with E-state index in [1.54, 1.807) is 0 Å². The Bertz CT molecular complexity index is 710. The predicted molar refractivity (Wildman–Crippen MR) is 112 cm³/mol. The second-order valence-electron chi connectivity index (χ2n) is 7.36. The summed E-state index contributed by atoms with van der Waals surface area (Å²) in [5.41, 5.74) is 3.88. The Balaban J connectivity index is 1.44. The maximum absolute atomic E-state index is 6.06. The molecule has 4 heteroatoms. The minimum absolute atomic E-state index is 0.790. The lowest BCUT2D eigenvalue weighted by atomic mass is 10.1. The molecule has 26 heavy (non-hydrogen) atoms. The number of halogens is 1. The maximum atomic E-state index is 6.06. The molecule has 138 valence electrons. The molecule has 2 aromatic carbocycles. The van der Waals surface area contributed by atoms with Gasteiger partial charge in [-0.05, 0) is 75.3 Å². The van der Waals surface area contributed by atoms with Crippen LogP contribution in [0.1, 0.15) is 25.7 Å². The highest BCUT2D eigenvalue weighted by Gasteiger charge is 2.23. The average molecular weight is 370 g/mol. The van der Waals surface area contributed by atoms with Gasteiger partial charge in [-0.3, -0.25) is 0 Å². The van der Waals surface area contributed by atoms with Crippen LogP contribution >= 0.6 is 11.6 Å². The first-order valence-electron chi connectivity index (χ1n) is 9.91. The molecule has 0 unspecified atom stereocenters. The molecule has 2 aliphatic rings. The number of hydrogen-bond donors (Lipinski definition) is 0. The van der Waals surface area contributed by atoms with Crippen LogP contribution in [0.3, 0.4) is 0 Å². The summed E-state index contributed by atoms with van der Waals surface area (Å²) in [6.07, 6.45) is 5.41. The van der Waals surface area contributed by atoms with Crippen molar-refractivity contribution in [3.05, 3.63) is 53.6 Å². The summed E-state index contributed by atoms with van der Waals surface area (Å²) in [5.74, 6) is 0. The lowest BCUT2D eigenvalue weighted by Crippen LogP contribution is -2.40. The number of para-hydroxylation sites is 2. The molecule has 2 aromatic rings. The molecule has 2 aliphatic heterocycles. The third kappa shape index (κ3) is 3.99. The Morgan fingerprint density at radius 1 is 0.731 bits per heavy atom. The van der Waals surface area contributed by atoms with E-state index in [0.29, 0.717) is 0 Å². The van der Waals surface area contributed by atoms with Gasteiger partial charge < -0.3 is 14.7 Å². The van der Waals surface area contributed by atoms with Gasteiger partial charge in [0.1, 0.15) is 0 Å². The van der Waals surface area contributed by atoms with Gasteiger partial charge >= 0.3 is 0 Å². The van der Waals surface area contributed by atoms with Gasteiger partial charge in [0.25, 0.3) is 0 Å². The van der Waals surface area contributed by atoms with Crippen molar-refractivity contribution in [2.24, 2.45) is 0 Å². The minimum Gasteiger partial charge on any atom is -0.368 e. The molecular weight excluding hydrogens is 342 g/mol. The summed E-state index contributed by atoms with van der Waals surface area (Å²) in [6, 6.07) is 17.0. The number of rotatable bonds is 5. The van der Waals surface area contributed by atoms with Crippen LogP contribution in [0.5, 0.6) is 0 Å². The van der Waals surface area contributed by atoms with E-state index in [4.69, 9.17) is 11.6 Å². The van der Waals surface area contributed by atoms with Crippen molar-refractivity contribution >= 4 is 28.7 Å². The van der Waals surface area contributed by atoms with E-state index in [2.05, 4.69) is 51.1 Å². The van der Waals surface area contributed by atoms with Crippen molar-refractivity contribution in [1.82, 2.24) is 4.90 Å². The van der Waals surface area contributed by atoms with E-state index in [-0.39, 0.29) is 0 Å². The Hall–Kier alpha value is -1.71. The summed E-state index contributed by atoms with van der Waals surface area (Å²) in [5, 5.41) is 0.790. The van der Waals surface area contributed by atoms with Gasteiger partial charge in [0, 0.05) is 30.3 Å². The number of hydrogen-bond acceptors (Lipinski definition) is 3. The smallest absolute Gasteiger partial charge is 0.0649 e. The van der Waals surface area contributed by atoms with Gasteiger partial charge in [0.15, 0.2) is 0 Å². The van der Waals surface area contributed by atoms with Gasteiger partial charge in [-0.15, -0.1) is 0 Å². The highest BCUT2D eigenvalue weighted by Crippen LogP contribution is 2.37. The fourth-order valence-corrected chi connectivity index (χ4v) is 4.34. The number of anilines is 3. The molecule has 0 aliphatic carbocycles. The van der Waals surface area contributed by atoms with Crippen LogP contribution in [0.15, 0.2) is 48.5 Å². The largest absolute Gasteiger partial charge is 0.368 e. The molecule has 0 saturated carbocycles. The number of piperidine rings is 1. The summed E-state index contributed by atoms with van der Waals surface area (Å²) in [6.45, 7) is 7.05. The third-order valence-corrected chi connectivity index (χ3v) is 5.85. The summed E-state index contributed by atoms with van der Waals surface area (Å²) >= 11 is 6.06. The van der Waals surface area contributed by atoms with E-state index in [9.17, 15) is 0 Å². The van der Waals surface area contributed by atoms with Crippen molar-refractivity contribution in [3.8, 4) is 0 Å². The highest BCUT2D eigenvalue weighted by atomic mass is 35.5. The number of benzene rings is 2. The molecule has 0 aromatic heterocycles. The van der Waals surface area contributed by atoms with Gasteiger partial charge in [-0.1, -0.05) is 30.2 Å². The van der Waals surface area contributed by atoms with Crippen LogP contribution < -0.4 is 9.80 Å². The molecule has 3 nitrogen and oxygen atoms in total. The molecule has 1 saturated heterocycles. The van der Waals surface area contributed by atoms with Crippen LogP contribution in [0.25, 0.3) is 0 Å². The van der Waals surface area contributed by atoms with Crippen LogP contribution in [-0.2, 0) is 0 Å². The topological polar surface area (TPSA) is 9.72 Å². The quantitative estimate of drug-likeness (QED) is 0.719. The summed E-state index contributed by atoms with van der Waals surface area (Å²) in [7, 11) is 0. The fraction of sp³-hybridized carbons (Fsp3) is 0.455. The molecular formula is C22H28ClN3. The third-order valence-electron chi connectivity index (χ3n) is 5.60. The van der Waals surface area contributed by atoms with E-state index < -0.39 is 0 Å². The Morgan fingerprint density at radius 2 is 1.46 bits per heavy atom. The number of fused-ring (bicyclic) bond motifs is 1. The first kappa shape index (κ1) is 17.7. The van der Waals surface area contributed by atoms with Gasteiger partial charge in [-0.2, -0.15) is 0 Å². The van der Waals surface area contributed by atoms with Crippen molar-refractivity contribution in [1.29, 1.82) is 0 Å². The second kappa shape index (κ2) is 8.32. The second-order valence-corrected chi connectivity index (χ2v) is 7.80. The van der Waals surface area contributed by atoms with Crippen LogP contribution in [-0.4, -0.2) is 44.2 Å². The normalized spacial score (nSPS) is 18.0. The molecule has 0 spiro atoms. The molecule has 2 heterocycles.